The molecule has 0 unspecified atom stereocenters. The molecule has 0 saturated carbocycles. The average molecular weight is 473 g/mol. The molecule has 1 aromatic rings. The lowest BCUT2D eigenvalue weighted by atomic mass is 9.72. The number of hydrogen-bond acceptors (Lipinski definition) is 7. The quantitative estimate of drug-likeness (QED) is 0.437. The first-order valence-electron chi connectivity index (χ1n) is 9.56. The minimum Gasteiger partial charge on any atom is -0.508 e. The summed E-state index contributed by atoms with van der Waals surface area (Å²) >= 11 is 11.9. The van der Waals surface area contributed by atoms with E-state index in [2.05, 4.69) is 15.4 Å². The van der Waals surface area contributed by atoms with Crippen molar-refractivity contribution in [2.75, 3.05) is 13.7 Å². The number of amides is 2. The van der Waals surface area contributed by atoms with Crippen molar-refractivity contribution >= 4 is 54.1 Å². The zero-order chi connectivity index (χ0) is 23.1. The van der Waals surface area contributed by atoms with Crippen LogP contribution in [0, 0.1) is 5.92 Å². The van der Waals surface area contributed by atoms with E-state index in [9.17, 15) is 19.2 Å². The van der Waals surface area contributed by atoms with E-state index in [1.165, 1.54) is 25.3 Å². The van der Waals surface area contributed by atoms with Crippen molar-refractivity contribution in [3.63, 3.8) is 0 Å². The van der Waals surface area contributed by atoms with E-state index in [0.29, 0.717) is 11.4 Å². The van der Waals surface area contributed by atoms with Crippen molar-refractivity contribution in [2.24, 2.45) is 5.92 Å². The van der Waals surface area contributed by atoms with Crippen molar-refractivity contribution in [1.29, 1.82) is 0 Å². The van der Waals surface area contributed by atoms with E-state index in [0.717, 1.165) is 0 Å². The largest absolute Gasteiger partial charge is 0.551 e. The van der Waals surface area contributed by atoms with Gasteiger partial charge in [-0.15, -0.1) is 0 Å². The van der Waals surface area contributed by atoms with Crippen LogP contribution in [0.15, 0.2) is 18.2 Å². The van der Waals surface area contributed by atoms with Gasteiger partial charge >= 0.3 is 13.1 Å². The van der Waals surface area contributed by atoms with Gasteiger partial charge in [0, 0.05) is 5.02 Å². The van der Waals surface area contributed by atoms with E-state index in [-0.39, 0.29) is 29.5 Å². The molecular weight excluding hydrogens is 450 g/mol. The highest BCUT2D eigenvalue weighted by molar-refractivity contribution is 6.50. The summed E-state index contributed by atoms with van der Waals surface area (Å²) in [6.07, 6.45) is -0.999. The molecule has 1 heterocycles. The maximum absolute atomic E-state index is 12.4. The lowest BCUT2D eigenvalue weighted by molar-refractivity contribution is -0.159. The zero-order valence-electron chi connectivity index (χ0n) is 17.3. The number of rotatable bonds is 8. The maximum atomic E-state index is 12.4. The summed E-state index contributed by atoms with van der Waals surface area (Å²) in [5.74, 6) is -3.10. The molecular formula is C19H23BCl2N2O7. The number of nitrogens with one attached hydrogen (secondary N) is 2. The number of hydrogen-bond donors (Lipinski definition) is 2. The van der Waals surface area contributed by atoms with E-state index < -0.39 is 42.9 Å². The number of esters is 1. The Morgan fingerprint density at radius 2 is 2.00 bits per heavy atom. The van der Waals surface area contributed by atoms with Gasteiger partial charge in [0.1, 0.15) is 0 Å². The van der Waals surface area contributed by atoms with Crippen LogP contribution in [0.2, 0.25) is 10.0 Å². The minimum atomic E-state index is -1.17. The van der Waals surface area contributed by atoms with Crippen LogP contribution in [0.4, 0.5) is 0 Å². The topological polar surface area (TPSA) is 120 Å². The minimum absolute atomic E-state index is 0.103. The van der Waals surface area contributed by atoms with Gasteiger partial charge in [-0.05, 0) is 30.5 Å². The molecule has 31 heavy (non-hydrogen) atoms. The summed E-state index contributed by atoms with van der Waals surface area (Å²) in [6, 6.07) is 4.40. The third kappa shape index (κ3) is 7.41. The first-order valence-corrected chi connectivity index (χ1v) is 10.3. The molecule has 0 aliphatic carbocycles. The van der Waals surface area contributed by atoms with Gasteiger partial charge in [0.05, 0.1) is 36.6 Å². The number of carbonyl (C=O) groups is 4. The number of carbonyl (C=O) groups excluding carboxylic acids is 4. The van der Waals surface area contributed by atoms with E-state index >= 15 is 0 Å². The van der Waals surface area contributed by atoms with Gasteiger partial charge in [-0.2, -0.15) is 0 Å². The summed E-state index contributed by atoms with van der Waals surface area (Å²) < 4.78 is 15.4. The van der Waals surface area contributed by atoms with Crippen molar-refractivity contribution < 1.29 is 33.2 Å². The Morgan fingerprint density at radius 1 is 1.29 bits per heavy atom. The van der Waals surface area contributed by atoms with E-state index in [4.69, 9.17) is 32.5 Å². The highest BCUT2D eigenvalue weighted by Gasteiger charge is 2.44. The molecule has 0 bridgehead atoms. The fourth-order valence-electron chi connectivity index (χ4n) is 2.95. The van der Waals surface area contributed by atoms with Crippen LogP contribution in [0.3, 0.4) is 0 Å². The Morgan fingerprint density at radius 3 is 2.65 bits per heavy atom. The normalized spacial score (nSPS) is 17.0. The fraction of sp³-hybridized carbons (Fsp3) is 0.474. The van der Waals surface area contributed by atoms with E-state index in [1.54, 1.807) is 0 Å². The lowest BCUT2D eigenvalue weighted by Gasteiger charge is -2.31. The van der Waals surface area contributed by atoms with Crippen molar-refractivity contribution in [1.82, 2.24) is 10.6 Å². The molecule has 0 spiro atoms. The van der Waals surface area contributed by atoms with Crippen molar-refractivity contribution in [3.8, 4) is 0 Å². The highest BCUT2D eigenvalue weighted by Crippen LogP contribution is 2.21. The number of ether oxygens (including phenoxy) is 1. The molecule has 2 atom stereocenters. The molecule has 0 aromatic heterocycles. The molecule has 1 aliphatic rings. The SMILES string of the molecule is COC(=O)[C@H]1CC(=O)OB([C@H](CC(C)C)NC(=O)CNC(=O)c2cc(Cl)ccc2Cl)O1. The second-order valence-electron chi connectivity index (χ2n) is 7.32. The van der Waals surface area contributed by atoms with Crippen molar-refractivity contribution in [2.45, 2.75) is 38.7 Å². The molecule has 1 aromatic carbocycles. The maximum Gasteiger partial charge on any atom is 0.551 e. The second-order valence-corrected chi connectivity index (χ2v) is 8.16. The Hall–Kier alpha value is -2.30. The summed E-state index contributed by atoms with van der Waals surface area (Å²) in [7, 11) is 0.0119. The summed E-state index contributed by atoms with van der Waals surface area (Å²) in [5.41, 5.74) is 0.131. The monoisotopic (exact) mass is 472 g/mol. The third-order valence-corrected chi connectivity index (χ3v) is 4.91. The molecule has 9 nitrogen and oxygen atoms in total. The van der Waals surface area contributed by atoms with Crippen LogP contribution < -0.4 is 10.6 Å². The standard InChI is InChI=1S/C19H23BCl2N2O7/c1-10(2)6-15(20-30-14(19(28)29-3)8-17(26)31-20)24-16(25)9-23-18(27)12-7-11(21)4-5-13(12)22/h4-5,7,10,14-15H,6,8-9H2,1-3H3,(H,23,27)(H,24,25)/t14-,15+/m1/s1. The van der Waals surface area contributed by atoms with Crippen molar-refractivity contribution in [3.05, 3.63) is 33.8 Å². The summed E-state index contributed by atoms with van der Waals surface area (Å²) in [6.45, 7) is 3.45. The number of methoxy groups -OCH3 is 1. The molecule has 12 heteroatoms. The predicted octanol–water partition coefficient (Wildman–Crippen LogP) is 1.79. The molecule has 2 N–H and O–H groups in total. The fourth-order valence-corrected chi connectivity index (χ4v) is 3.32. The van der Waals surface area contributed by atoms with Gasteiger partial charge in [0.15, 0.2) is 6.10 Å². The van der Waals surface area contributed by atoms with Crippen LogP contribution in [-0.2, 0) is 28.4 Å². The van der Waals surface area contributed by atoms with Gasteiger partial charge < -0.3 is 24.7 Å². The highest BCUT2D eigenvalue weighted by atomic mass is 35.5. The molecule has 2 amide bonds. The van der Waals surface area contributed by atoms with Gasteiger partial charge in [0.25, 0.3) is 11.9 Å². The van der Waals surface area contributed by atoms with Crippen LogP contribution >= 0.6 is 23.2 Å². The van der Waals surface area contributed by atoms with Crippen LogP contribution in [0.1, 0.15) is 37.0 Å². The first-order chi connectivity index (χ1) is 14.6. The Balaban J connectivity index is 2.02. The Kier molecular flexibility index (Phi) is 9.15. The summed E-state index contributed by atoms with van der Waals surface area (Å²) in [4.78, 5) is 48.4. The number of benzene rings is 1. The average Bonchev–Trinajstić information content (AvgIpc) is 2.71. The lowest BCUT2D eigenvalue weighted by Crippen LogP contribution is -2.57. The molecule has 1 fully saturated rings. The van der Waals surface area contributed by atoms with Crippen LogP contribution in [0.25, 0.3) is 0 Å². The molecule has 2 rings (SSSR count). The van der Waals surface area contributed by atoms with Gasteiger partial charge in [-0.25, -0.2) is 4.79 Å². The van der Waals surface area contributed by atoms with Gasteiger partial charge in [-0.3, -0.25) is 14.4 Å². The second kappa shape index (κ2) is 11.4. The number of halogens is 2. The Bertz CT molecular complexity index is 853. The van der Waals surface area contributed by atoms with Gasteiger partial charge in [0.2, 0.25) is 5.91 Å². The molecule has 1 aliphatic heterocycles. The van der Waals surface area contributed by atoms with E-state index in [1.807, 2.05) is 13.8 Å². The predicted molar refractivity (Wildman–Crippen MR) is 114 cm³/mol. The van der Waals surface area contributed by atoms with Crippen LogP contribution in [-0.4, -0.2) is 56.6 Å². The third-order valence-electron chi connectivity index (χ3n) is 4.34. The molecule has 0 radical (unpaired) electrons. The molecule has 168 valence electrons. The summed E-state index contributed by atoms with van der Waals surface area (Å²) in [5, 5.41) is 5.66. The molecule has 1 saturated heterocycles. The van der Waals surface area contributed by atoms with Crippen LogP contribution in [0.5, 0.6) is 0 Å². The first kappa shape index (κ1) is 25.0. The zero-order valence-corrected chi connectivity index (χ0v) is 18.8. The van der Waals surface area contributed by atoms with Gasteiger partial charge in [-0.1, -0.05) is 37.0 Å². The Labute approximate surface area is 190 Å². The smallest absolute Gasteiger partial charge is 0.508 e.